The average molecular weight is 219 g/mol. The number of para-hydroxylation sites is 1. The van der Waals surface area contributed by atoms with Crippen molar-refractivity contribution < 1.29 is 14.3 Å². The number of amides is 1. The Kier molecular flexibility index (Phi) is 4.27. The van der Waals surface area contributed by atoms with Crippen LogP contribution in [0.15, 0.2) is 42.0 Å². The van der Waals surface area contributed by atoms with E-state index in [0.717, 1.165) is 0 Å². The minimum atomic E-state index is -0.511. The summed E-state index contributed by atoms with van der Waals surface area (Å²) in [4.78, 5) is 22.5. The third kappa shape index (κ3) is 3.57. The zero-order chi connectivity index (χ0) is 12.0. The van der Waals surface area contributed by atoms with Gasteiger partial charge in [0.05, 0.1) is 7.11 Å². The van der Waals surface area contributed by atoms with E-state index in [1.54, 1.807) is 12.1 Å². The van der Waals surface area contributed by atoms with Gasteiger partial charge >= 0.3 is 5.97 Å². The zero-order valence-electron chi connectivity index (χ0n) is 9.19. The van der Waals surface area contributed by atoms with Crippen molar-refractivity contribution in [1.29, 1.82) is 0 Å². The van der Waals surface area contributed by atoms with Gasteiger partial charge in [-0.3, -0.25) is 4.79 Å². The van der Waals surface area contributed by atoms with E-state index in [-0.39, 0.29) is 11.5 Å². The summed E-state index contributed by atoms with van der Waals surface area (Å²) < 4.78 is 4.48. The SMILES string of the molecule is COC(=O)/C(C)=C/C(=O)Nc1ccccc1. The van der Waals surface area contributed by atoms with Crippen molar-refractivity contribution in [3.8, 4) is 0 Å². The van der Waals surface area contributed by atoms with Crippen LogP contribution in [0.2, 0.25) is 0 Å². The normalized spacial score (nSPS) is 10.8. The van der Waals surface area contributed by atoms with E-state index in [9.17, 15) is 9.59 Å². The van der Waals surface area contributed by atoms with Gasteiger partial charge in [0, 0.05) is 17.3 Å². The second kappa shape index (κ2) is 5.70. The van der Waals surface area contributed by atoms with E-state index in [1.807, 2.05) is 18.2 Å². The van der Waals surface area contributed by atoms with E-state index in [4.69, 9.17) is 0 Å². The van der Waals surface area contributed by atoms with Crippen LogP contribution in [0.5, 0.6) is 0 Å². The highest BCUT2D eigenvalue weighted by molar-refractivity contribution is 6.04. The van der Waals surface area contributed by atoms with Gasteiger partial charge in [0.2, 0.25) is 5.91 Å². The van der Waals surface area contributed by atoms with Crippen LogP contribution >= 0.6 is 0 Å². The molecular formula is C12H13NO3. The average Bonchev–Trinajstić information content (AvgIpc) is 2.29. The first-order valence-electron chi connectivity index (χ1n) is 4.76. The number of carbonyl (C=O) groups is 2. The minimum absolute atomic E-state index is 0.260. The third-order valence-corrected chi connectivity index (χ3v) is 1.90. The van der Waals surface area contributed by atoms with Crippen molar-refractivity contribution in [2.24, 2.45) is 0 Å². The monoisotopic (exact) mass is 219 g/mol. The maximum atomic E-state index is 11.4. The van der Waals surface area contributed by atoms with Gasteiger partial charge in [-0.1, -0.05) is 18.2 Å². The Morgan fingerprint density at radius 3 is 2.44 bits per heavy atom. The number of ether oxygens (including phenoxy) is 1. The Labute approximate surface area is 93.9 Å². The van der Waals surface area contributed by atoms with Crippen LogP contribution < -0.4 is 5.32 Å². The van der Waals surface area contributed by atoms with Crippen LogP contribution in [0, 0.1) is 0 Å². The van der Waals surface area contributed by atoms with Crippen molar-refractivity contribution in [3.05, 3.63) is 42.0 Å². The predicted octanol–water partition coefficient (Wildman–Crippen LogP) is 1.74. The molecule has 1 amide bonds. The first-order valence-corrected chi connectivity index (χ1v) is 4.76. The summed E-state index contributed by atoms with van der Waals surface area (Å²) >= 11 is 0. The van der Waals surface area contributed by atoms with Crippen molar-refractivity contribution in [2.75, 3.05) is 12.4 Å². The lowest BCUT2D eigenvalue weighted by Crippen LogP contribution is -2.11. The number of methoxy groups -OCH3 is 1. The topological polar surface area (TPSA) is 55.4 Å². The number of nitrogens with one attached hydrogen (secondary N) is 1. The van der Waals surface area contributed by atoms with Crippen molar-refractivity contribution in [1.82, 2.24) is 0 Å². The number of hydrogen-bond donors (Lipinski definition) is 1. The van der Waals surface area contributed by atoms with Crippen molar-refractivity contribution >= 4 is 17.6 Å². The fraction of sp³-hybridized carbons (Fsp3) is 0.167. The molecule has 4 heteroatoms. The number of benzene rings is 1. The van der Waals surface area contributed by atoms with Gasteiger partial charge < -0.3 is 10.1 Å². The Hall–Kier alpha value is -2.10. The molecule has 0 aromatic heterocycles. The fourth-order valence-corrected chi connectivity index (χ4v) is 1.12. The highest BCUT2D eigenvalue weighted by atomic mass is 16.5. The Balaban J connectivity index is 2.64. The lowest BCUT2D eigenvalue weighted by atomic mass is 10.2. The molecular weight excluding hydrogens is 206 g/mol. The van der Waals surface area contributed by atoms with E-state index in [2.05, 4.69) is 10.1 Å². The Bertz CT molecular complexity index is 410. The first kappa shape index (κ1) is 12.0. The Morgan fingerprint density at radius 1 is 1.25 bits per heavy atom. The smallest absolute Gasteiger partial charge is 0.333 e. The van der Waals surface area contributed by atoms with Crippen LogP contribution in [0.4, 0.5) is 5.69 Å². The van der Waals surface area contributed by atoms with Gasteiger partial charge in [0.15, 0.2) is 0 Å². The van der Waals surface area contributed by atoms with Crippen LogP contribution in [0.25, 0.3) is 0 Å². The molecule has 0 bridgehead atoms. The number of rotatable bonds is 3. The molecule has 1 aromatic rings. The summed E-state index contributed by atoms with van der Waals surface area (Å²) in [5.41, 5.74) is 0.942. The molecule has 84 valence electrons. The summed E-state index contributed by atoms with van der Waals surface area (Å²) in [6.45, 7) is 1.52. The molecule has 0 aliphatic heterocycles. The molecule has 0 unspecified atom stereocenters. The summed E-state index contributed by atoms with van der Waals surface area (Å²) in [7, 11) is 1.27. The lowest BCUT2D eigenvalue weighted by molar-refractivity contribution is -0.136. The van der Waals surface area contributed by atoms with Gasteiger partial charge in [-0.2, -0.15) is 0 Å². The van der Waals surface area contributed by atoms with Crippen molar-refractivity contribution in [2.45, 2.75) is 6.92 Å². The first-order chi connectivity index (χ1) is 7.63. The van der Waals surface area contributed by atoms with E-state index < -0.39 is 5.97 Å². The van der Waals surface area contributed by atoms with Crippen LogP contribution in [0.3, 0.4) is 0 Å². The molecule has 1 aromatic carbocycles. The van der Waals surface area contributed by atoms with Crippen LogP contribution in [-0.4, -0.2) is 19.0 Å². The van der Waals surface area contributed by atoms with Crippen molar-refractivity contribution in [3.63, 3.8) is 0 Å². The van der Waals surface area contributed by atoms with Gasteiger partial charge in [-0.05, 0) is 19.1 Å². The third-order valence-electron chi connectivity index (χ3n) is 1.90. The van der Waals surface area contributed by atoms with Gasteiger partial charge in [0.1, 0.15) is 0 Å². The number of anilines is 1. The number of hydrogen-bond acceptors (Lipinski definition) is 3. The zero-order valence-corrected chi connectivity index (χ0v) is 9.19. The second-order valence-corrected chi connectivity index (χ2v) is 3.17. The van der Waals surface area contributed by atoms with Gasteiger partial charge in [0.25, 0.3) is 0 Å². The highest BCUT2D eigenvalue weighted by Crippen LogP contribution is 2.05. The van der Waals surface area contributed by atoms with Gasteiger partial charge in [-0.15, -0.1) is 0 Å². The molecule has 0 radical (unpaired) electrons. The molecule has 0 aliphatic carbocycles. The molecule has 0 spiro atoms. The summed E-state index contributed by atoms with van der Waals surface area (Å²) in [5.74, 6) is -0.864. The van der Waals surface area contributed by atoms with Crippen LogP contribution in [-0.2, 0) is 14.3 Å². The predicted molar refractivity (Wildman–Crippen MR) is 60.8 cm³/mol. The molecule has 16 heavy (non-hydrogen) atoms. The van der Waals surface area contributed by atoms with E-state index in [1.165, 1.54) is 20.1 Å². The molecule has 0 aliphatic rings. The standard InChI is InChI=1S/C12H13NO3/c1-9(12(15)16-2)8-11(14)13-10-6-4-3-5-7-10/h3-8H,1-2H3,(H,13,14)/b9-8+. The molecule has 1 rings (SSSR count). The fourth-order valence-electron chi connectivity index (χ4n) is 1.12. The van der Waals surface area contributed by atoms with Gasteiger partial charge in [-0.25, -0.2) is 4.79 Å². The summed E-state index contributed by atoms with van der Waals surface area (Å²) in [6, 6.07) is 9.00. The minimum Gasteiger partial charge on any atom is -0.466 e. The molecule has 0 heterocycles. The second-order valence-electron chi connectivity index (χ2n) is 3.17. The lowest BCUT2D eigenvalue weighted by Gasteiger charge is -2.02. The molecule has 0 saturated carbocycles. The molecule has 0 saturated heterocycles. The molecule has 4 nitrogen and oxygen atoms in total. The maximum absolute atomic E-state index is 11.4. The quantitative estimate of drug-likeness (QED) is 0.622. The summed E-state index contributed by atoms with van der Waals surface area (Å²) in [6.07, 6.45) is 1.21. The molecule has 0 fully saturated rings. The number of esters is 1. The van der Waals surface area contributed by atoms with Crippen LogP contribution in [0.1, 0.15) is 6.92 Å². The highest BCUT2D eigenvalue weighted by Gasteiger charge is 2.05. The molecule has 0 atom stereocenters. The van der Waals surface area contributed by atoms with E-state index >= 15 is 0 Å². The summed E-state index contributed by atoms with van der Waals surface area (Å²) in [5, 5.41) is 2.63. The Morgan fingerprint density at radius 2 is 1.88 bits per heavy atom. The number of carbonyl (C=O) groups excluding carboxylic acids is 2. The molecule has 1 N–H and O–H groups in total. The maximum Gasteiger partial charge on any atom is 0.333 e. The van der Waals surface area contributed by atoms with E-state index in [0.29, 0.717) is 5.69 Å². The largest absolute Gasteiger partial charge is 0.466 e.